The number of aryl methyl sites for hydroxylation is 1. The van der Waals surface area contributed by atoms with Gasteiger partial charge in [-0.3, -0.25) is 0 Å². The molecule has 0 fully saturated rings. The molecule has 0 saturated carbocycles. The monoisotopic (exact) mass is 313 g/mol. The minimum Gasteiger partial charge on any atom is -0.493 e. The lowest BCUT2D eigenvalue weighted by atomic mass is 10.0. The van der Waals surface area contributed by atoms with E-state index in [2.05, 4.69) is 9.97 Å². The fraction of sp³-hybridized carbons (Fsp3) is 0.250. The lowest BCUT2D eigenvalue weighted by Crippen LogP contribution is -1.96. The molecule has 22 heavy (non-hydrogen) atoms. The first-order valence-electron chi connectivity index (χ1n) is 6.93. The van der Waals surface area contributed by atoms with Crippen LogP contribution in [-0.4, -0.2) is 24.2 Å². The molecule has 1 aliphatic rings. The van der Waals surface area contributed by atoms with Gasteiger partial charge in [0, 0.05) is 16.9 Å². The molecule has 0 spiro atoms. The molecule has 5 nitrogen and oxygen atoms in total. The van der Waals surface area contributed by atoms with Gasteiger partial charge in [-0.2, -0.15) is 0 Å². The molecule has 0 atom stereocenters. The maximum Gasteiger partial charge on any atom is 0.161 e. The van der Waals surface area contributed by atoms with Gasteiger partial charge < -0.3 is 15.2 Å². The number of nitrogen functional groups attached to an aromatic ring is 1. The van der Waals surface area contributed by atoms with E-state index in [1.54, 1.807) is 25.6 Å². The van der Waals surface area contributed by atoms with Crippen LogP contribution in [0.15, 0.2) is 12.1 Å². The number of nitrogens with zero attached hydrogens (tertiary/aromatic N) is 2. The lowest BCUT2D eigenvalue weighted by Gasteiger charge is -2.11. The van der Waals surface area contributed by atoms with Crippen molar-refractivity contribution in [3.8, 4) is 22.6 Å². The minimum atomic E-state index is 0.544. The first-order chi connectivity index (χ1) is 10.6. The Bertz CT molecular complexity index is 918. The number of thiophene rings is 1. The average molecular weight is 313 g/mol. The van der Waals surface area contributed by atoms with Crippen molar-refractivity contribution >= 4 is 27.4 Å². The number of benzene rings is 1. The summed E-state index contributed by atoms with van der Waals surface area (Å²) < 4.78 is 10.8. The van der Waals surface area contributed by atoms with Crippen molar-refractivity contribution in [3.63, 3.8) is 0 Å². The Labute approximate surface area is 131 Å². The summed E-state index contributed by atoms with van der Waals surface area (Å²) in [4.78, 5) is 11.1. The molecular formula is C16H15N3O2S. The van der Waals surface area contributed by atoms with Crippen molar-refractivity contribution < 1.29 is 9.47 Å². The zero-order valence-corrected chi connectivity index (χ0v) is 13.4. The number of aromatic nitrogens is 2. The lowest BCUT2D eigenvalue weighted by molar-refractivity contribution is 0.355. The van der Waals surface area contributed by atoms with Gasteiger partial charge in [-0.15, -0.1) is 11.3 Å². The van der Waals surface area contributed by atoms with Crippen LogP contribution in [-0.2, 0) is 6.42 Å². The quantitative estimate of drug-likeness (QED) is 0.615. The first-order valence-corrected chi connectivity index (χ1v) is 7.74. The maximum atomic E-state index is 6.16. The number of ether oxygens (including phenoxy) is 2. The summed E-state index contributed by atoms with van der Waals surface area (Å²) in [5.74, 6) is 2.72. The molecule has 2 aromatic heterocycles. The summed E-state index contributed by atoms with van der Waals surface area (Å²) in [5.41, 5.74) is 9.66. The van der Waals surface area contributed by atoms with Crippen LogP contribution in [0, 0.1) is 6.92 Å². The van der Waals surface area contributed by atoms with Crippen LogP contribution in [0.3, 0.4) is 0 Å². The van der Waals surface area contributed by atoms with E-state index in [0.29, 0.717) is 11.6 Å². The van der Waals surface area contributed by atoms with Gasteiger partial charge in [-0.25, -0.2) is 9.97 Å². The van der Waals surface area contributed by atoms with E-state index >= 15 is 0 Å². The third kappa shape index (κ3) is 1.70. The molecular weight excluding hydrogens is 298 g/mol. The second-order valence-electron chi connectivity index (χ2n) is 5.28. The summed E-state index contributed by atoms with van der Waals surface area (Å²) in [5, 5.41) is 0.955. The Morgan fingerprint density at radius 2 is 1.86 bits per heavy atom. The van der Waals surface area contributed by atoms with E-state index in [1.807, 2.05) is 19.1 Å². The molecule has 112 valence electrons. The predicted molar refractivity (Wildman–Crippen MR) is 87.9 cm³/mol. The van der Waals surface area contributed by atoms with Crippen LogP contribution in [0.25, 0.3) is 21.3 Å². The summed E-state index contributed by atoms with van der Waals surface area (Å²) in [7, 11) is 3.30. The van der Waals surface area contributed by atoms with Crippen molar-refractivity contribution in [1.82, 2.24) is 9.97 Å². The number of hydrogen-bond acceptors (Lipinski definition) is 6. The van der Waals surface area contributed by atoms with Gasteiger partial charge in [0.25, 0.3) is 0 Å². The molecule has 2 heterocycles. The number of hydrogen-bond donors (Lipinski definition) is 1. The Balaban J connectivity index is 2.03. The third-order valence-electron chi connectivity index (χ3n) is 3.99. The van der Waals surface area contributed by atoms with Crippen molar-refractivity contribution in [1.29, 1.82) is 0 Å². The number of fused-ring (bicyclic) bond motifs is 5. The van der Waals surface area contributed by atoms with Crippen molar-refractivity contribution in [2.45, 2.75) is 13.3 Å². The molecule has 1 aromatic carbocycles. The van der Waals surface area contributed by atoms with E-state index in [-0.39, 0.29) is 0 Å². The van der Waals surface area contributed by atoms with Crippen LogP contribution >= 0.6 is 11.3 Å². The van der Waals surface area contributed by atoms with E-state index in [0.717, 1.165) is 39.3 Å². The molecule has 1 aliphatic carbocycles. The van der Waals surface area contributed by atoms with Gasteiger partial charge in [-0.05, 0) is 30.2 Å². The third-order valence-corrected chi connectivity index (χ3v) is 5.08. The van der Waals surface area contributed by atoms with Gasteiger partial charge in [-0.1, -0.05) is 0 Å². The molecule has 2 N–H and O–H groups in total. The summed E-state index contributed by atoms with van der Waals surface area (Å²) in [6, 6.07) is 4.06. The highest BCUT2D eigenvalue weighted by molar-refractivity contribution is 7.19. The Hall–Kier alpha value is -2.34. The zero-order chi connectivity index (χ0) is 15.4. The fourth-order valence-electron chi connectivity index (χ4n) is 3.07. The molecule has 6 heteroatoms. The molecule has 3 aromatic rings. The maximum absolute atomic E-state index is 6.16. The number of anilines is 1. The SMILES string of the molecule is COc1cc2c(cc1OC)-c1c(sc3nc(C)nc(N)c13)C2. The van der Waals surface area contributed by atoms with Crippen molar-refractivity contribution in [2.24, 2.45) is 0 Å². The van der Waals surface area contributed by atoms with Gasteiger partial charge in [0.15, 0.2) is 11.5 Å². The van der Waals surface area contributed by atoms with E-state index in [4.69, 9.17) is 15.2 Å². The number of nitrogens with two attached hydrogens (primary N) is 1. The van der Waals surface area contributed by atoms with Gasteiger partial charge >= 0.3 is 0 Å². The van der Waals surface area contributed by atoms with E-state index < -0.39 is 0 Å². The Morgan fingerprint density at radius 3 is 2.59 bits per heavy atom. The highest BCUT2D eigenvalue weighted by Crippen LogP contribution is 2.50. The Morgan fingerprint density at radius 1 is 1.14 bits per heavy atom. The first kappa shape index (κ1) is 13.3. The Kier molecular flexibility index (Phi) is 2.77. The highest BCUT2D eigenvalue weighted by Gasteiger charge is 2.28. The second-order valence-corrected chi connectivity index (χ2v) is 6.36. The zero-order valence-electron chi connectivity index (χ0n) is 12.6. The standard InChI is InChI=1S/C16H15N3O2S/c1-7-18-15(17)14-13-9-6-11(21-3)10(20-2)4-8(9)5-12(13)22-16(14)19-7/h4,6H,5H2,1-3H3,(H2,17,18,19). The molecule has 0 radical (unpaired) electrons. The largest absolute Gasteiger partial charge is 0.493 e. The van der Waals surface area contributed by atoms with Crippen LogP contribution in [0.2, 0.25) is 0 Å². The molecule has 0 unspecified atom stereocenters. The normalized spacial score (nSPS) is 12.3. The fourth-order valence-corrected chi connectivity index (χ4v) is 4.33. The summed E-state index contributed by atoms with van der Waals surface area (Å²) >= 11 is 1.69. The van der Waals surface area contributed by atoms with Crippen LogP contribution in [0.1, 0.15) is 16.3 Å². The van der Waals surface area contributed by atoms with Gasteiger partial charge in [0.05, 0.1) is 19.6 Å². The van der Waals surface area contributed by atoms with Crippen molar-refractivity contribution in [3.05, 3.63) is 28.4 Å². The predicted octanol–water partition coefficient (Wildman–Crippen LogP) is 3.17. The topological polar surface area (TPSA) is 70.3 Å². The van der Waals surface area contributed by atoms with E-state index in [9.17, 15) is 0 Å². The van der Waals surface area contributed by atoms with E-state index in [1.165, 1.54) is 10.4 Å². The molecule has 4 rings (SSSR count). The van der Waals surface area contributed by atoms with Gasteiger partial charge in [0.1, 0.15) is 16.5 Å². The minimum absolute atomic E-state index is 0.544. The molecule has 0 aliphatic heterocycles. The van der Waals surface area contributed by atoms with Crippen LogP contribution < -0.4 is 15.2 Å². The molecule has 0 saturated heterocycles. The number of rotatable bonds is 2. The average Bonchev–Trinajstić information content (AvgIpc) is 3.00. The summed E-state index contributed by atoms with van der Waals surface area (Å²) in [6.07, 6.45) is 0.866. The van der Waals surface area contributed by atoms with Gasteiger partial charge in [0.2, 0.25) is 0 Å². The van der Waals surface area contributed by atoms with Crippen LogP contribution in [0.4, 0.5) is 5.82 Å². The highest BCUT2D eigenvalue weighted by atomic mass is 32.1. The summed E-state index contributed by atoms with van der Waals surface area (Å²) in [6.45, 7) is 1.86. The number of methoxy groups -OCH3 is 2. The van der Waals surface area contributed by atoms with Crippen molar-refractivity contribution in [2.75, 3.05) is 20.0 Å². The smallest absolute Gasteiger partial charge is 0.161 e. The second kappa shape index (κ2) is 4.58. The van der Waals surface area contributed by atoms with Crippen LogP contribution in [0.5, 0.6) is 11.5 Å². The molecule has 0 bridgehead atoms. The molecule has 0 amide bonds.